The van der Waals surface area contributed by atoms with Crippen LogP contribution in [-0.4, -0.2) is 18.8 Å². The number of Topliss-reactive ketones (excluding diaryl/α,β-unsaturated/α-hetero) is 1. The van der Waals surface area contributed by atoms with Gasteiger partial charge in [0.1, 0.15) is 5.78 Å². The van der Waals surface area contributed by atoms with E-state index in [1.165, 1.54) is 0 Å². The van der Waals surface area contributed by atoms with Gasteiger partial charge >= 0.3 is 0 Å². The van der Waals surface area contributed by atoms with Crippen molar-refractivity contribution in [3.8, 4) is 0 Å². The molecule has 0 radical (unpaired) electrons. The highest BCUT2D eigenvalue weighted by Gasteiger charge is 2.23. The quantitative estimate of drug-likeness (QED) is 0.787. The van der Waals surface area contributed by atoms with Gasteiger partial charge in [0.15, 0.2) is 0 Å². The Morgan fingerprint density at radius 1 is 1.38 bits per heavy atom. The lowest BCUT2D eigenvalue weighted by atomic mass is 9.99. The van der Waals surface area contributed by atoms with Crippen molar-refractivity contribution in [2.75, 3.05) is 11.9 Å². The van der Waals surface area contributed by atoms with Crippen LogP contribution in [-0.2, 0) is 14.3 Å². The van der Waals surface area contributed by atoms with Crippen molar-refractivity contribution in [2.24, 2.45) is 0 Å². The number of ether oxygens (including phenoxy) is 1. The molecule has 1 aliphatic rings. The van der Waals surface area contributed by atoms with Crippen LogP contribution in [0, 0.1) is 0 Å². The normalized spacial score (nSPS) is 20.5. The minimum absolute atomic E-state index is 0.206. The van der Waals surface area contributed by atoms with E-state index in [9.17, 15) is 9.59 Å². The molecule has 4 heteroatoms. The fourth-order valence-corrected chi connectivity index (χ4v) is 1.86. The van der Waals surface area contributed by atoms with Crippen molar-refractivity contribution in [1.29, 1.82) is 0 Å². The molecule has 1 N–H and O–H groups in total. The second-order valence-corrected chi connectivity index (χ2v) is 3.70. The number of amides is 1. The lowest BCUT2D eigenvalue weighted by molar-refractivity contribution is -0.128. The lowest BCUT2D eigenvalue weighted by Gasteiger charge is -2.23. The van der Waals surface area contributed by atoms with E-state index in [1.54, 1.807) is 6.07 Å². The molecule has 1 saturated heterocycles. The highest BCUT2D eigenvalue weighted by Crippen LogP contribution is 2.30. The molecule has 0 bridgehead atoms. The number of rotatable bonds is 3. The van der Waals surface area contributed by atoms with Crippen LogP contribution in [0.5, 0.6) is 0 Å². The third-order valence-corrected chi connectivity index (χ3v) is 2.64. The zero-order valence-corrected chi connectivity index (χ0v) is 8.81. The number of hydrogen-bond donors (Lipinski definition) is 1. The topological polar surface area (TPSA) is 55.4 Å². The van der Waals surface area contributed by atoms with Crippen molar-refractivity contribution in [3.63, 3.8) is 0 Å². The van der Waals surface area contributed by atoms with Gasteiger partial charge in [-0.1, -0.05) is 18.2 Å². The average Bonchev–Trinajstić information content (AvgIpc) is 2.30. The van der Waals surface area contributed by atoms with Gasteiger partial charge in [-0.3, -0.25) is 9.59 Å². The summed E-state index contributed by atoms with van der Waals surface area (Å²) in [6, 6.07) is 7.37. The molecule has 1 aromatic rings. The second kappa shape index (κ2) is 4.90. The largest absolute Gasteiger partial charge is 0.373 e. The predicted octanol–water partition coefficient (Wildman–Crippen LogP) is 1.68. The van der Waals surface area contributed by atoms with Gasteiger partial charge in [0, 0.05) is 24.1 Å². The fourth-order valence-electron chi connectivity index (χ4n) is 1.86. The van der Waals surface area contributed by atoms with Crippen LogP contribution in [0.3, 0.4) is 0 Å². The van der Waals surface area contributed by atoms with E-state index in [2.05, 4.69) is 5.32 Å². The second-order valence-electron chi connectivity index (χ2n) is 3.70. The summed E-state index contributed by atoms with van der Waals surface area (Å²) in [6.45, 7) is 0.457. The van der Waals surface area contributed by atoms with E-state index in [0.29, 0.717) is 31.5 Å². The summed E-state index contributed by atoms with van der Waals surface area (Å²) in [6.07, 6.45) is 1.27. The van der Waals surface area contributed by atoms with Crippen molar-refractivity contribution < 1.29 is 14.3 Å². The van der Waals surface area contributed by atoms with Gasteiger partial charge in [-0.05, 0) is 6.07 Å². The maximum absolute atomic E-state index is 11.3. The molecule has 1 unspecified atom stereocenters. The van der Waals surface area contributed by atoms with Crippen LogP contribution in [0.4, 0.5) is 5.69 Å². The summed E-state index contributed by atoms with van der Waals surface area (Å²) in [4.78, 5) is 21.8. The van der Waals surface area contributed by atoms with Crippen molar-refractivity contribution in [3.05, 3.63) is 29.8 Å². The number of benzene rings is 1. The first-order valence-electron chi connectivity index (χ1n) is 5.23. The van der Waals surface area contributed by atoms with Crippen LogP contribution in [0.25, 0.3) is 0 Å². The highest BCUT2D eigenvalue weighted by molar-refractivity contribution is 5.81. The maximum Gasteiger partial charge on any atom is 0.211 e. The van der Waals surface area contributed by atoms with Crippen LogP contribution < -0.4 is 5.32 Å². The molecule has 1 aliphatic heterocycles. The van der Waals surface area contributed by atoms with Crippen LogP contribution >= 0.6 is 0 Å². The Hall–Kier alpha value is -1.68. The van der Waals surface area contributed by atoms with Crippen molar-refractivity contribution in [1.82, 2.24) is 0 Å². The van der Waals surface area contributed by atoms with E-state index in [4.69, 9.17) is 4.74 Å². The molecule has 0 saturated carbocycles. The Morgan fingerprint density at radius 3 is 2.94 bits per heavy atom. The van der Waals surface area contributed by atoms with E-state index < -0.39 is 0 Å². The first kappa shape index (κ1) is 10.8. The third kappa shape index (κ3) is 2.28. The molecule has 1 amide bonds. The summed E-state index contributed by atoms with van der Waals surface area (Å²) in [5, 5.41) is 2.62. The Labute approximate surface area is 93.6 Å². The van der Waals surface area contributed by atoms with E-state index in [0.717, 1.165) is 5.56 Å². The van der Waals surface area contributed by atoms with Gasteiger partial charge < -0.3 is 10.1 Å². The smallest absolute Gasteiger partial charge is 0.211 e. The van der Waals surface area contributed by atoms with Gasteiger partial charge in [0.2, 0.25) is 6.41 Å². The van der Waals surface area contributed by atoms with Gasteiger partial charge in [-0.25, -0.2) is 0 Å². The van der Waals surface area contributed by atoms with Crippen LogP contribution in [0.1, 0.15) is 24.5 Å². The summed E-state index contributed by atoms with van der Waals surface area (Å²) < 4.78 is 5.54. The molecular weight excluding hydrogens is 206 g/mol. The molecule has 0 aromatic heterocycles. The molecular formula is C12H13NO3. The molecule has 84 valence electrons. The third-order valence-electron chi connectivity index (χ3n) is 2.64. The Kier molecular flexibility index (Phi) is 3.31. The van der Waals surface area contributed by atoms with Gasteiger partial charge in [0.25, 0.3) is 0 Å². The minimum atomic E-state index is -0.232. The monoisotopic (exact) mass is 219 g/mol. The van der Waals surface area contributed by atoms with E-state index >= 15 is 0 Å². The number of ketones is 1. The maximum atomic E-state index is 11.3. The summed E-state index contributed by atoms with van der Waals surface area (Å²) in [5.41, 5.74) is 1.57. The summed E-state index contributed by atoms with van der Waals surface area (Å²) >= 11 is 0. The average molecular weight is 219 g/mol. The Morgan fingerprint density at radius 2 is 2.19 bits per heavy atom. The molecule has 1 atom stereocenters. The number of carbonyl (C=O) groups excluding carboxylic acids is 2. The predicted molar refractivity (Wildman–Crippen MR) is 59.1 cm³/mol. The minimum Gasteiger partial charge on any atom is -0.373 e. The van der Waals surface area contributed by atoms with Crippen molar-refractivity contribution in [2.45, 2.75) is 18.9 Å². The zero-order chi connectivity index (χ0) is 11.4. The van der Waals surface area contributed by atoms with Crippen LogP contribution in [0.15, 0.2) is 24.3 Å². The number of para-hydroxylation sites is 1. The zero-order valence-electron chi connectivity index (χ0n) is 8.81. The Balaban J connectivity index is 2.24. The number of anilines is 1. The lowest BCUT2D eigenvalue weighted by Crippen LogP contribution is -2.20. The molecule has 1 aromatic carbocycles. The van der Waals surface area contributed by atoms with Gasteiger partial charge in [-0.15, -0.1) is 0 Å². The summed E-state index contributed by atoms with van der Waals surface area (Å²) in [7, 11) is 0. The van der Waals surface area contributed by atoms with Gasteiger partial charge in [0.05, 0.1) is 12.7 Å². The Bertz CT molecular complexity index is 403. The molecule has 1 fully saturated rings. The number of nitrogens with one attached hydrogen (secondary N) is 1. The SMILES string of the molecule is O=CNc1ccccc1C1CC(=O)CCO1. The molecule has 1 heterocycles. The summed E-state index contributed by atoms with van der Waals surface area (Å²) in [5.74, 6) is 0.206. The number of hydrogen-bond acceptors (Lipinski definition) is 3. The molecule has 16 heavy (non-hydrogen) atoms. The molecule has 2 rings (SSSR count). The molecule has 0 spiro atoms. The first-order chi connectivity index (χ1) is 7.81. The highest BCUT2D eigenvalue weighted by atomic mass is 16.5. The fraction of sp³-hybridized carbons (Fsp3) is 0.333. The van der Waals surface area contributed by atoms with Crippen LogP contribution in [0.2, 0.25) is 0 Å². The first-order valence-corrected chi connectivity index (χ1v) is 5.23. The van der Waals surface area contributed by atoms with E-state index in [-0.39, 0.29) is 11.9 Å². The van der Waals surface area contributed by atoms with E-state index in [1.807, 2.05) is 18.2 Å². The molecule has 4 nitrogen and oxygen atoms in total. The number of carbonyl (C=O) groups is 2. The van der Waals surface area contributed by atoms with Crippen molar-refractivity contribution >= 4 is 17.9 Å². The standard InChI is InChI=1S/C12H13NO3/c14-8-13-11-4-2-1-3-10(11)12-7-9(15)5-6-16-12/h1-4,8,12H,5-7H2,(H,13,14). The molecule has 0 aliphatic carbocycles. The van der Waals surface area contributed by atoms with Gasteiger partial charge in [-0.2, -0.15) is 0 Å².